The summed E-state index contributed by atoms with van der Waals surface area (Å²) in [5, 5.41) is 2.98. The minimum atomic E-state index is -0.409. The van der Waals surface area contributed by atoms with E-state index >= 15 is 0 Å². The molecule has 1 aromatic rings. The molecule has 1 aliphatic heterocycles. The quantitative estimate of drug-likeness (QED) is 0.475. The van der Waals surface area contributed by atoms with Gasteiger partial charge in [-0.3, -0.25) is 9.59 Å². The predicted octanol–water partition coefficient (Wildman–Crippen LogP) is 1.11. The van der Waals surface area contributed by atoms with Crippen molar-refractivity contribution in [3.05, 3.63) is 17.6 Å². The number of carbonyl (C=O) groups excluding carboxylic acids is 2. The molecule has 0 aromatic carbocycles. The molecule has 1 unspecified atom stereocenters. The zero-order chi connectivity index (χ0) is 21.7. The van der Waals surface area contributed by atoms with E-state index in [-0.39, 0.29) is 30.5 Å². The van der Waals surface area contributed by atoms with Gasteiger partial charge in [0.1, 0.15) is 24.1 Å². The summed E-state index contributed by atoms with van der Waals surface area (Å²) in [4.78, 5) is 36.1. The van der Waals surface area contributed by atoms with E-state index in [9.17, 15) is 9.59 Å². The number of methoxy groups -OCH3 is 2. The van der Waals surface area contributed by atoms with Crippen molar-refractivity contribution >= 4 is 17.7 Å². The normalized spacial score (nSPS) is 24.3. The molecule has 1 amide bonds. The number of fused-ring (bicyclic) bond motifs is 1. The first kappa shape index (κ1) is 22.4. The Morgan fingerprint density at radius 1 is 1.30 bits per heavy atom. The smallest absolute Gasteiger partial charge is 0.313 e. The number of nitrogens with zero attached hydrogens (tertiary/aromatic N) is 3. The summed E-state index contributed by atoms with van der Waals surface area (Å²) < 4.78 is 9.84. The lowest BCUT2D eigenvalue weighted by Gasteiger charge is -2.35. The van der Waals surface area contributed by atoms with Gasteiger partial charge in [-0.2, -0.15) is 0 Å². The molecule has 0 bridgehead atoms. The van der Waals surface area contributed by atoms with E-state index in [1.807, 2.05) is 13.0 Å². The van der Waals surface area contributed by atoms with Crippen LogP contribution in [0.1, 0.15) is 56.6 Å². The molecule has 0 radical (unpaired) electrons. The molecule has 1 saturated heterocycles. The van der Waals surface area contributed by atoms with Gasteiger partial charge in [0.25, 0.3) is 0 Å². The van der Waals surface area contributed by atoms with Crippen LogP contribution in [0.2, 0.25) is 0 Å². The van der Waals surface area contributed by atoms with Gasteiger partial charge >= 0.3 is 5.97 Å². The van der Waals surface area contributed by atoms with Gasteiger partial charge in [0.2, 0.25) is 5.91 Å². The number of aromatic nitrogens is 2. The van der Waals surface area contributed by atoms with E-state index in [1.54, 1.807) is 7.11 Å². The molecule has 2 aliphatic rings. The summed E-state index contributed by atoms with van der Waals surface area (Å²) in [6.45, 7) is 2.78. The highest BCUT2D eigenvalue weighted by Crippen LogP contribution is 2.42. The Morgan fingerprint density at radius 2 is 2.07 bits per heavy atom. The number of ether oxygens (including phenoxy) is 2. The Morgan fingerprint density at radius 3 is 2.77 bits per heavy atom. The van der Waals surface area contributed by atoms with Crippen LogP contribution < -0.4 is 16.0 Å². The van der Waals surface area contributed by atoms with Gasteiger partial charge in [-0.15, -0.1) is 0 Å². The molecular formula is C21H33N5O4. The van der Waals surface area contributed by atoms with E-state index in [1.165, 1.54) is 13.5 Å². The first-order valence-corrected chi connectivity index (χ1v) is 10.7. The minimum Gasteiger partial charge on any atom is -0.469 e. The molecule has 1 saturated carbocycles. The maximum Gasteiger partial charge on any atom is 0.313 e. The third-order valence-electron chi connectivity index (χ3n) is 6.04. The fourth-order valence-corrected chi connectivity index (χ4v) is 4.57. The Bertz CT molecular complexity index is 757. The maximum atomic E-state index is 13.0. The third kappa shape index (κ3) is 5.07. The van der Waals surface area contributed by atoms with Crippen molar-refractivity contribution in [3.63, 3.8) is 0 Å². The standard InChI is InChI=1S/C21H33N5O4/c1-13(22)15-11-19(25-18(24-15)12-20(27)30-3)26-16-7-5-4-6-14(16)10-17(26)21(28)23-8-9-29-2/h11,13-14,16-17H,4-10,12,22H2,1-3H3,(H,23,28)/t13?,14-,16-,17-/m0/s1. The summed E-state index contributed by atoms with van der Waals surface area (Å²) in [5.41, 5.74) is 6.75. The Kier molecular flexibility index (Phi) is 7.60. The summed E-state index contributed by atoms with van der Waals surface area (Å²) >= 11 is 0. The zero-order valence-corrected chi connectivity index (χ0v) is 18.1. The molecule has 0 spiro atoms. The van der Waals surface area contributed by atoms with Crippen LogP contribution in [0.25, 0.3) is 0 Å². The van der Waals surface area contributed by atoms with Crippen LogP contribution in [0.4, 0.5) is 5.82 Å². The highest BCUT2D eigenvalue weighted by atomic mass is 16.5. The summed E-state index contributed by atoms with van der Waals surface area (Å²) in [6.07, 6.45) is 5.23. The van der Waals surface area contributed by atoms with Gasteiger partial charge in [0.05, 0.1) is 19.4 Å². The zero-order valence-electron chi connectivity index (χ0n) is 18.1. The number of esters is 1. The lowest BCUT2D eigenvalue weighted by molar-refractivity contribution is -0.139. The molecule has 1 aliphatic carbocycles. The maximum absolute atomic E-state index is 13.0. The van der Waals surface area contributed by atoms with Gasteiger partial charge < -0.3 is 25.4 Å². The van der Waals surface area contributed by atoms with Crippen molar-refractivity contribution in [3.8, 4) is 0 Å². The van der Waals surface area contributed by atoms with Crippen molar-refractivity contribution in [1.29, 1.82) is 0 Å². The third-order valence-corrected chi connectivity index (χ3v) is 6.04. The summed E-state index contributed by atoms with van der Waals surface area (Å²) in [6, 6.07) is 1.48. The molecule has 30 heavy (non-hydrogen) atoms. The van der Waals surface area contributed by atoms with Crippen molar-refractivity contribution in [2.24, 2.45) is 11.7 Å². The molecule has 3 N–H and O–H groups in total. The molecule has 9 nitrogen and oxygen atoms in total. The molecule has 1 aromatic heterocycles. The molecule has 3 rings (SSSR count). The van der Waals surface area contributed by atoms with E-state index in [0.29, 0.717) is 36.4 Å². The Hall–Kier alpha value is -2.26. The van der Waals surface area contributed by atoms with Crippen LogP contribution in [-0.4, -0.2) is 61.3 Å². The number of amides is 1. The highest BCUT2D eigenvalue weighted by Gasteiger charge is 2.46. The van der Waals surface area contributed by atoms with Crippen LogP contribution in [0.15, 0.2) is 6.07 Å². The number of carbonyl (C=O) groups is 2. The lowest BCUT2D eigenvalue weighted by atomic mass is 9.84. The fraction of sp³-hybridized carbons (Fsp3) is 0.714. The molecular weight excluding hydrogens is 386 g/mol. The number of rotatable bonds is 8. The van der Waals surface area contributed by atoms with E-state index in [0.717, 1.165) is 25.7 Å². The summed E-state index contributed by atoms with van der Waals surface area (Å²) in [5.74, 6) is 1.06. The van der Waals surface area contributed by atoms with Gasteiger partial charge in [-0.25, -0.2) is 9.97 Å². The second kappa shape index (κ2) is 10.2. The number of nitrogens with one attached hydrogen (secondary N) is 1. The SMILES string of the molecule is COCCNC(=O)[C@@H]1C[C@@H]2CCCC[C@@H]2N1c1cc(C(C)N)nc(CC(=O)OC)n1. The van der Waals surface area contributed by atoms with Gasteiger partial charge in [0.15, 0.2) is 0 Å². The highest BCUT2D eigenvalue weighted by molar-refractivity contribution is 5.86. The second-order valence-electron chi connectivity index (χ2n) is 8.16. The number of hydrogen-bond acceptors (Lipinski definition) is 8. The van der Waals surface area contributed by atoms with Crippen molar-refractivity contribution in [2.75, 3.05) is 32.3 Å². The van der Waals surface area contributed by atoms with Crippen LogP contribution >= 0.6 is 0 Å². The van der Waals surface area contributed by atoms with Crippen LogP contribution in [0.5, 0.6) is 0 Å². The molecule has 2 fully saturated rings. The number of hydrogen-bond donors (Lipinski definition) is 2. The van der Waals surface area contributed by atoms with Crippen LogP contribution in [0, 0.1) is 5.92 Å². The average molecular weight is 420 g/mol. The largest absolute Gasteiger partial charge is 0.469 e. The predicted molar refractivity (Wildman–Crippen MR) is 112 cm³/mol. The minimum absolute atomic E-state index is 0.0167. The molecule has 4 atom stereocenters. The fourth-order valence-electron chi connectivity index (χ4n) is 4.57. The van der Waals surface area contributed by atoms with Crippen molar-refractivity contribution in [2.45, 2.75) is 63.6 Å². The second-order valence-corrected chi connectivity index (χ2v) is 8.16. The Labute approximate surface area is 177 Å². The van der Waals surface area contributed by atoms with E-state index in [4.69, 9.17) is 15.2 Å². The van der Waals surface area contributed by atoms with E-state index < -0.39 is 5.97 Å². The summed E-state index contributed by atoms with van der Waals surface area (Å²) in [7, 11) is 2.95. The van der Waals surface area contributed by atoms with Gasteiger partial charge in [0, 0.05) is 31.8 Å². The lowest BCUT2D eigenvalue weighted by Crippen LogP contribution is -2.48. The van der Waals surface area contributed by atoms with Crippen LogP contribution in [0.3, 0.4) is 0 Å². The molecule has 9 heteroatoms. The average Bonchev–Trinajstić information content (AvgIpc) is 3.13. The van der Waals surface area contributed by atoms with Crippen LogP contribution in [-0.2, 0) is 25.5 Å². The first-order valence-electron chi connectivity index (χ1n) is 10.7. The molecule has 166 valence electrons. The number of anilines is 1. The van der Waals surface area contributed by atoms with E-state index in [2.05, 4.69) is 20.2 Å². The monoisotopic (exact) mass is 419 g/mol. The van der Waals surface area contributed by atoms with Crippen molar-refractivity contribution in [1.82, 2.24) is 15.3 Å². The topological polar surface area (TPSA) is 120 Å². The molecule has 2 heterocycles. The Balaban J connectivity index is 1.95. The van der Waals surface area contributed by atoms with Gasteiger partial charge in [-0.1, -0.05) is 12.8 Å². The van der Waals surface area contributed by atoms with Crippen molar-refractivity contribution < 1.29 is 19.1 Å². The van der Waals surface area contributed by atoms with Gasteiger partial charge in [-0.05, 0) is 32.1 Å². The number of nitrogens with two attached hydrogens (primary N) is 1. The first-order chi connectivity index (χ1) is 14.4.